The van der Waals surface area contributed by atoms with E-state index in [2.05, 4.69) is 26.1 Å². The van der Waals surface area contributed by atoms with E-state index in [1.807, 2.05) is 50.2 Å². The Labute approximate surface area is 137 Å². The van der Waals surface area contributed by atoms with Crippen molar-refractivity contribution in [2.24, 2.45) is 0 Å². The normalized spacial score (nSPS) is 11.4. The van der Waals surface area contributed by atoms with Gasteiger partial charge in [-0.1, -0.05) is 50.6 Å². The molecule has 3 heteroatoms. The van der Waals surface area contributed by atoms with Crippen LogP contribution in [0.15, 0.2) is 36.4 Å². The van der Waals surface area contributed by atoms with E-state index in [1.165, 1.54) is 5.56 Å². The van der Waals surface area contributed by atoms with Crippen molar-refractivity contribution >= 4 is 23.2 Å². The fourth-order valence-electron chi connectivity index (χ4n) is 2.38. The van der Waals surface area contributed by atoms with Gasteiger partial charge in [-0.3, -0.25) is 4.79 Å². The largest absolute Gasteiger partial charge is 0.320 e. The van der Waals surface area contributed by atoms with Gasteiger partial charge in [-0.15, -0.1) is 0 Å². The van der Waals surface area contributed by atoms with Gasteiger partial charge < -0.3 is 5.32 Å². The maximum atomic E-state index is 12.4. The highest BCUT2D eigenvalue weighted by Gasteiger charge is 2.15. The maximum Gasteiger partial charge on any atom is 0.255 e. The minimum atomic E-state index is -0.144. The van der Waals surface area contributed by atoms with E-state index in [0.717, 1.165) is 11.1 Å². The molecule has 0 atom stereocenters. The van der Waals surface area contributed by atoms with Gasteiger partial charge in [0.25, 0.3) is 5.91 Å². The summed E-state index contributed by atoms with van der Waals surface area (Å²) in [5.41, 5.74) is 4.63. The van der Waals surface area contributed by atoms with Crippen molar-refractivity contribution in [2.45, 2.75) is 40.0 Å². The maximum absolute atomic E-state index is 12.4. The number of benzene rings is 2. The minimum Gasteiger partial charge on any atom is -0.320 e. The minimum absolute atomic E-state index is 0.0753. The van der Waals surface area contributed by atoms with E-state index in [0.29, 0.717) is 16.3 Å². The van der Waals surface area contributed by atoms with Gasteiger partial charge >= 0.3 is 0 Å². The summed E-state index contributed by atoms with van der Waals surface area (Å²) >= 11 is 6.24. The van der Waals surface area contributed by atoms with E-state index < -0.39 is 0 Å². The van der Waals surface area contributed by atoms with Gasteiger partial charge in [-0.25, -0.2) is 0 Å². The van der Waals surface area contributed by atoms with Crippen LogP contribution in [-0.4, -0.2) is 5.91 Å². The van der Waals surface area contributed by atoms with Crippen LogP contribution in [0.3, 0.4) is 0 Å². The van der Waals surface area contributed by atoms with E-state index in [4.69, 9.17) is 11.6 Å². The molecular weight excluding hydrogens is 294 g/mol. The van der Waals surface area contributed by atoms with Gasteiger partial charge in [0.05, 0.1) is 10.7 Å². The summed E-state index contributed by atoms with van der Waals surface area (Å²) in [6, 6.07) is 11.6. The van der Waals surface area contributed by atoms with Crippen LogP contribution >= 0.6 is 11.6 Å². The van der Waals surface area contributed by atoms with Crippen molar-refractivity contribution in [3.63, 3.8) is 0 Å². The predicted molar refractivity (Wildman–Crippen MR) is 94.0 cm³/mol. The van der Waals surface area contributed by atoms with Crippen LogP contribution in [-0.2, 0) is 5.41 Å². The summed E-state index contributed by atoms with van der Waals surface area (Å²) in [5.74, 6) is -0.144. The Kier molecular flexibility index (Phi) is 4.62. The number of anilines is 1. The van der Waals surface area contributed by atoms with Gasteiger partial charge in [-0.2, -0.15) is 0 Å². The molecule has 0 aromatic heterocycles. The predicted octanol–water partition coefficient (Wildman–Crippen LogP) is 5.51. The van der Waals surface area contributed by atoms with Crippen molar-refractivity contribution in [3.05, 3.63) is 63.7 Å². The Bertz CT molecular complexity index is 673. The number of carbonyl (C=O) groups is 1. The zero-order valence-electron chi connectivity index (χ0n) is 13.8. The molecule has 2 aromatic carbocycles. The zero-order valence-corrected chi connectivity index (χ0v) is 14.5. The van der Waals surface area contributed by atoms with Crippen LogP contribution in [0.1, 0.15) is 47.8 Å². The lowest BCUT2D eigenvalue weighted by Crippen LogP contribution is -2.15. The summed E-state index contributed by atoms with van der Waals surface area (Å²) in [6.45, 7) is 10.4. The first-order valence-corrected chi connectivity index (χ1v) is 7.75. The first-order chi connectivity index (χ1) is 10.2. The molecular formula is C19H22ClNO. The molecule has 0 aliphatic rings. The van der Waals surface area contributed by atoms with Crippen LogP contribution in [0.4, 0.5) is 5.69 Å². The van der Waals surface area contributed by atoms with Gasteiger partial charge in [0, 0.05) is 5.56 Å². The number of halogens is 1. The Morgan fingerprint density at radius 2 is 1.64 bits per heavy atom. The van der Waals surface area contributed by atoms with Crippen LogP contribution in [0, 0.1) is 13.8 Å². The molecule has 0 spiro atoms. The molecule has 22 heavy (non-hydrogen) atoms. The molecule has 1 amide bonds. The highest BCUT2D eigenvalue weighted by molar-refractivity contribution is 6.34. The molecule has 0 heterocycles. The lowest BCUT2D eigenvalue weighted by atomic mass is 9.86. The first kappa shape index (κ1) is 16.6. The van der Waals surface area contributed by atoms with Crippen molar-refractivity contribution in [2.75, 3.05) is 5.32 Å². The third-order valence-corrected chi connectivity index (χ3v) is 3.98. The van der Waals surface area contributed by atoms with Crippen molar-refractivity contribution in [1.82, 2.24) is 0 Å². The van der Waals surface area contributed by atoms with Crippen molar-refractivity contribution in [1.29, 1.82) is 0 Å². The number of amides is 1. The van der Waals surface area contributed by atoms with E-state index in [-0.39, 0.29) is 11.3 Å². The molecule has 0 aliphatic carbocycles. The second kappa shape index (κ2) is 6.13. The number of aryl methyl sites for hydroxylation is 2. The molecule has 1 N–H and O–H groups in total. The zero-order chi connectivity index (χ0) is 16.5. The third kappa shape index (κ3) is 3.69. The van der Waals surface area contributed by atoms with Gasteiger partial charge in [0.1, 0.15) is 0 Å². The second-order valence-electron chi connectivity index (χ2n) is 6.72. The molecule has 2 nitrogen and oxygen atoms in total. The molecule has 0 bridgehead atoms. The highest BCUT2D eigenvalue weighted by Crippen LogP contribution is 2.28. The monoisotopic (exact) mass is 315 g/mol. The Morgan fingerprint density at radius 3 is 2.14 bits per heavy atom. The average Bonchev–Trinajstić information content (AvgIpc) is 2.41. The van der Waals surface area contributed by atoms with E-state index >= 15 is 0 Å². The number of hydrogen-bond donors (Lipinski definition) is 1. The Hall–Kier alpha value is -1.80. The molecule has 0 radical (unpaired) electrons. The topological polar surface area (TPSA) is 29.1 Å². The summed E-state index contributed by atoms with van der Waals surface area (Å²) in [4.78, 5) is 12.4. The molecule has 2 aromatic rings. The van der Waals surface area contributed by atoms with Crippen molar-refractivity contribution in [3.8, 4) is 0 Å². The average molecular weight is 316 g/mol. The van der Waals surface area contributed by atoms with Gasteiger partial charge in [-0.05, 0) is 54.2 Å². The standard InChI is InChI=1S/C19H22ClNO/c1-12-10-13(2)17(16(20)11-12)21-18(22)14-6-8-15(9-7-14)19(3,4)5/h6-11H,1-5H3,(H,21,22). The number of hydrogen-bond acceptors (Lipinski definition) is 1. The molecule has 0 fully saturated rings. The van der Waals surface area contributed by atoms with Crippen LogP contribution in [0.5, 0.6) is 0 Å². The van der Waals surface area contributed by atoms with Crippen LogP contribution in [0.2, 0.25) is 5.02 Å². The Balaban J connectivity index is 2.23. The highest BCUT2D eigenvalue weighted by atomic mass is 35.5. The smallest absolute Gasteiger partial charge is 0.255 e. The number of carbonyl (C=O) groups excluding carboxylic acids is 1. The van der Waals surface area contributed by atoms with Gasteiger partial charge in [0.15, 0.2) is 0 Å². The summed E-state index contributed by atoms with van der Waals surface area (Å²) < 4.78 is 0. The molecule has 0 aliphatic heterocycles. The van der Waals surface area contributed by atoms with Crippen molar-refractivity contribution < 1.29 is 4.79 Å². The summed E-state index contributed by atoms with van der Waals surface area (Å²) in [7, 11) is 0. The van der Waals surface area contributed by atoms with Gasteiger partial charge in [0.2, 0.25) is 0 Å². The fraction of sp³-hybridized carbons (Fsp3) is 0.316. The number of rotatable bonds is 2. The quantitative estimate of drug-likeness (QED) is 0.778. The first-order valence-electron chi connectivity index (χ1n) is 7.37. The molecule has 0 saturated carbocycles. The lowest BCUT2D eigenvalue weighted by molar-refractivity contribution is 0.102. The Morgan fingerprint density at radius 1 is 1.05 bits per heavy atom. The summed E-state index contributed by atoms with van der Waals surface area (Å²) in [5, 5.41) is 3.48. The molecule has 2 rings (SSSR count). The number of nitrogens with one attached hydrogen (secondary N) is 1. The van der Waals surface area contributed by atoms with Crippen LogP contribution < -0.4 is 5.32 Å². The van der Waals surface area contributed by atoms with Crippen LogP contribution in [0.25, 0.3) is 0 Å². The lowest BCUT2D eigenvalue weighted by Gasteiger charge is -2.19. The molecule has 0 unspecified atom stereocenters. The fourth-order valence-corrected chi connectivity index (χ4v) is 2.75. The second-order valence-corrected chi connectivity index (χ2v) is 7.13. The SMILES string of the molecule is Cc1cc(C)c(NC(=O)c2ccc(C(C)(C)C)cc2)c(Cl)c1. The van der Waals surface area contributed by atoms with E-state index in [1.54, 1.807) is 0 Å². The molecule has 0 saturated heterocycles. The summed E-state index contributed by atoms with van der Waals surface area (Å²) in [6.07, 6.45) is 0. The third-order valence-electron chi connectivity index (χ3n) is 3.68. The van der Waals surface area contributed by atoms with E-state index in [9.17, 15) is 4.79 Å². The molecule has 116 valence electrons.